The molecule has 1 aromatic rings. The minimum atomic E-state index is 0.0522. The van der Waals surface area contributed by atoms with Crippen LogP contribution in [0.2, 0.25) is 10.0 Å². The molecule has 2 saturated heterocycles. The molecule has 1 amide bonds. The van der Waals surface area contributed by atoms with Crippen molar-refractivity contribution in [2.45, 2.75) is 44.4 Å². The van der Waals surface area contributed by atoms with Crippen LogP contribution >= 0.6 is 23.2 Å². The van der Waals surface area contributed by atoms with Gasteiger partial charge in [-0.05, 0) is 48.9 Å². The molecule has 0 N–H and O–H groups in total. The Hall–Kier alpha value is -0.770. The van der Waals surface area contributed by atoms with E-state index in [9.17, 15) is 4.79 Å². The SMILES string of the molecule is O=C(C1CC2CCC1O2)N1CCc2cc(Cl)cc(Cl)c2C1. The van der Waals surface area contributed by atoms with Crippen molar-refractivity contribution in [3.05, 3.63) is 33.3 Å². The Labute approximate surface area is 134 Å². The van der Waals surface area contributed by atoms with Crippen LogP contribution in [-0.4, -0.2) is 29.6 Å². The fourth-order valence-corrected chi connectivity index (χ4v) is 4.50. The van der Waals surface area contributed by atoms with Gasteiger partial charge in [-0.25, -0.2) is 0 Å². The highest BCUT2D eigenvalue weighted by Gasteiger charge is 2.46. The molecule has 2 fully saturated rings. The van der Waals surface area contributed by atoms with Gasteiger partial charge >= 0.3 is 0 Å². The molecule has 3 nitrogen and oxygen atoms in total. The summed E-state index contributed by atoms with van der Waals surface area (Å²) in [6, 6.07) is 3.72. The number of amides is 1. The van der Waals surface area contributed by atoms with Crippen LogP contribution in [0, 0.1) is 5.92 Å². The van der Waals surface area contributed by atoms with Crippen LogP contribution in [0.25, 0.3) is 0 Å². The summed E-state index contributed by atoms with van der Waals surface area (Å²) in [5.74, 6) is 0.287. The molecule has 3 atom stereocenters. The predicted octanol–water partition coefficient (Wildman–Crippen LogP) is 3.45. The molecule has 5 heteroatoms. The third-order valence-electron chi connectivity index (χ3n) is 4.99. The highest BCUT2D eigenvalue weighted by Crippen LogP contribution is 2.40. The van der Waals surface area contributed by atoms with Crippen LogP contribution in [0.5, 0.6) is 0 Å². The fraction of sp³-hybridized carbons (Fsp3) is 0.562. The van der Waals surface area contributed by atoms with E-state index in [0.717, 1.165) is 37.8 Å². The first-order valence-electron chi connectivity index (χ1n) is 7.53. The second-order valence-corrected chi connectivity index (χ2v) is 7.09. The van der Waals surface area contributed by atoms with Crippen LogP contribution in [0.3, 0.4) is 0 Å². The van der Waals surface area contributed by atoms with Crippen molar-refractivity contribution in [2.24, 2.45) is 5.92 Å². The van der Waals surface area contributed by atoms with E-state index >= 15 is 0 Å². The molecule has 0 aromatic heterocycles. The van der Waals surface area contributed by atoms with Gasteiger partial charge in [-0.1, -0.05) is 23.2 Å². The second kappa shape index (κ2) is 5.15. The molecule has 2 bridgehead atoms. The lowest BCUT2D eigenvalue weighted by molar-refractivity contribution is -0.138. The predicted molar refractivity (Wildman–Crippen MR) is 81.6 cm³/mol. The zero-order valence-corrected chi connectivity index (χ0v) is 13.2. The summed E-state index contributed by atoms with van der Waals surface area (Å²) < 4.78 is 5.81. The van der Waals surface area contributed by atoms with Crippen LogP contribution in [0.15, 0.2) is 12.1 Å². The maximum atomic E-state index is 12.8. The van der Waals surface area contributed by atoms with Gasteiger partial charge in [0.15, 0.2) is 0 Å². The van der Waals surface area contributed by atoms with Gasteiger partial charge in [0.25, 0.3) is 0 Å². The van der Waals surface area contributed by atoms with E-state index in [-0.39, 0.29) is 17.9 Å². The number of hydrogen-bond acceptors (Lipinski definition) is 2. The van der Waals surface area contributed by atoms with E-state index in [2.05, 4.69) is 0 Å². The highest BCUT2D eigenvalue weighted by atomic mass is 35.5. The number of benzene rings is 1. The summed E-state index contributed by atoms with van der Waals surface area (Å²) >= 11 is 12.3. The zero-order valence-electron chi connectivity index (χ0n) is 11.6. The van der Waals surface area contributed by atoms with E-state index in [1.807, 2.05) is 11.0 Å². The lowest BCUT2D eigenvalue weighted by Crippen LogP contribution is -2.42. The first-order valence-corrected chi connectivity index (χ1v) is 8.28. The number of carbonyl (C=O) groups excluding carboxylic acids is 1. The van der Waals surface area contributed by atoms with Gasteiger partial charge in [-0.3, -0.25) is 4.79 Å². The van der Waals surface area contributed by atoms with E-state index in [1.165, 1.54) is 5.56 Å². The van der Waals surface area contributed by atoms with Crippen molar-refractivity contribution in [3.8, 4) is 0 Å². The quantitative estimate of drug-likeness (QED) is 0.791. The van der Waals surface area contributed by atoms with Gasteiger partial charge in [-0.2, -0.15) is 0 Å². The van der Waals surface area contributed by atoms with Crippen LogP contribution in [0.4, 0.5) is 0 Å². The van der Waals surface area contributed by atoms with Crippen molar-refractivity contribution in [2.75, 3.05) is 6.54 Å². The average Bonchev–Trinajstić information content (AvgIpc) is 3.08. The second-order valence-electron chi connectivity index (χ2n) is 6.25. The summed E-state index contributed by atoms with van der Waals surface area (Å²) in [7, 11) is 0. The number of halogens is 2. The number of rotatable bonds is 1. The standard InChI is InChI=1S/C16H17Cl2NO2/c17-10-5-9-3-4-19(8-13(9)14(18)6-10)16(20)12-7-11-1-2-15(12)21-11/h5-6,11-12,15H,1-4,7-8H2. The first kappa shape index (κ1) is 13.9. The number of nitrogens with zero attached hydrogens (tertiary/aromatic N) is 1. The molecule has 3 heterocycles. The van der Waals surface area contributed by atoms with Gasteiger partial charge in [0.05, 0.1) is 18.1 Å². The minimum Gasteiger partial charge on any atom is -0.374 e. The number of fused-ring (bicyclic) bond motifs is 3. The van der Waals surface area contributed by atoms with Crippen molar-refractivity contribution >= 4 is 29.1 Å². The summed E-state index contributed by atoms with van der Waals surface area (Å²) in [6.45, 7) is 1.34. The normalized spacial score (nSPS) is 30.6. The molecule has 1 aromatic carbocycles. The highest BCUT2D eigenvalue weighted by molar-refractivity contribution is 6.35. The Bertz CT molecular complexity index is 604. The topological polar surface area (TPSA) is 29.5 Å². The number of ether oxygens (including phenoxy) is 1. The summed E-state index contributed by atoms with van der Waals surface area (Å²) in [6.07, 6.45) is 4.31. The van der Waals surface area contributed by atoms with Gasteiger partial charge < -0.3 is 9.64 Å². The van der Waals surface area contributed by atoms with Gasteiger partial charge in [-0.15, -0.1) is 0 Å². The van der Waals surface area contributed by atoms with Gasteiger partial charge in [0.1, 0.15) is 0 Å². The monoisotopic (exact) mass is 325 g/mol. The Morgan fingerprint density at radius 1 is 1.29 bits per heavy atom. The van der Waals surface area contributed by atoms with E-state index in [1.54, 1.807) is 6.07 Å². The van der Waals surface area contributed by atoms with Crippen LogP contribution < -0.4 is 0 Å². The van der Waals surface area contributed by atoms with Crippen molar-refractivity contribution in [1.82, 2.24) is 4.90 Å². The number of hydrogen-bond donors (Lipinski definition) is 0. The molecule has 4 rings (SSSR count). The summed E-state index contributed by atoms with van der Waals surface area (Å²) in [4.78, 5) is 14.7. The first-order chi connectivity index (χ1) is 10.1. The molecule has 3 aliphatic heterocycles. The van der Waals surface area contributed by atoms with Crippen molar-refractivity contribution in [3.63, 3.8) is 0 Å². The molecule has 0 radical (unpaired) electrons. The van der Waals surface area contributed by atoms with E-state index < -0.39 is 0 Å². The molecule has 0 saturated carbocycles. The molecule has 0 spiro atoms. The molecule has 0 aliphatic carbocycles. The Kier molecular flexibility index (Phi) is 3.40. The maximum absolute atomic E-state index is 12.8. The van der Waals surface area contributed by atoms with Crippen LogP contribution in [0.1, 0.15) is 30.4 Å². The molecular weight excluding hydrogens is 309 g/mol. The van der Waals surface area contributed by atoms with Gasteiger partial charge in [0, 0.05) is 23.1 Å². The van der Waals surface area contributed by atoms with Crippen LogP contribution in [-0.2, 0) is 22.5 Å². The third-order valence-corrected chi connectivity index (χ3v) is 5.54. The fourth-order valence-electron chi connectivity index (χ4n) is 3.90. The molecule has 3 unspecified atom stereocenters. The Morgan fingerprint density at radius 3 is 2.86 bits per heavy atom. The largest absolute Gasteiger partial charge is 0.374 e. The smallest absolute Gasteiger partial charge is 0.228 e. The lowest BCUT2D eigenvalue weighted by Gasteiger charge is -2.33. The zero-order chi connectivity index (χ0) is 14.6. The summed E-state index contributed by atoms with van der Waals surface area (Å²) in [5, 5.41) is 1.33. The molecular formula is C16H17Cl2NO2. The minimum absolute atomic E-state index is 0.0522. The van der Waals surface area contributed by atoms with Crippen molar-refractivity contribution < 1.29 is 9.53 Å². The molecule has 21 heavy (non-hydrogen) atoms. The molecule has 3 aliphatic rings. The lowest BCUT2D eigenvalue weighted by atomic mass is 9.87. The summed E-state index contributed by atoms with van der Waals surface area (Å²) in [5.41, 5.74) is 2.21. The Balaban J connectivity index is 1.54. The van der Waals surface area contributed by atoms with Crippen molar-refractivity contribution in [1.29, 1.82) is 0 Å². The average molecular weight is 326 g/mol. The maximum Gasteiger partial charge on any atom is 0.228 e. The van der Waals surface area contributed by atoms with E-state index in [4.69, 9.17) is 27.9 Å². The Morgan fingerprint density at radius 2 is 2.14 bits per heavy atom. The van der Waals surface area contributed by atoms with Gasteiger partial charge in [0.2, 0.25) is 5.91 Å². The molecule has 112 valence electrons. The third kappa shape index (κ3) is 2.36. The number of carbonyl (C=O) groups is 1. The van der Waals surface area contributed by atoms with E-state index in [0.29, 0.717) is 22.7 Å².